The molecule has 2 fully saturated rings. The maximum atomic E-state index is 13.5. The molecule has 4 unspecified atom stereocenters. The molecule has 220 valence electrons. The summed E-state index contributed by atoms with van der Waals surface area (Å²) in [5, 5.41) is 7.72. The van der Waals surface area contributed by atoms with E-state index in [0.29, 0.717) is 6.61 Å². The van der Waals surface area contributed by atoms with Gasteiger partial charge >= 0.3 is 169 Å². The minimum atomic E-state index is -1.81. The standard InChI is InChI=1S/C32H43GeN3O4S/c1-6-33(7-2,8-3)20-15-21-40-31(39)27-32(4,5)41-30-26(29(38)36(27)30)35-28(37)25(24-18-13-10-14-19-24)34-22-23-16-11-9-12-17-23/h9-14,16-19,22,25-27,30H,6-8,15,20-21H2,1-5H3,(H,35,37). The van der Waals surface area contributed by atoms with Gasteiger partial charge in [0.1, 0.15) is 0 Å². The molecule has 0 spiro atoms. The number of fused-ring (bicyclic) bond motifs is 1. The van der Waals surface area contributed by atoms with Crippen LogP contribution in [0.25, 0.3) is 0 Å². The quantitative estimate of drug-likeness (QED) is 0.0981. The molecule has 4 rings (SSSR count). The van der Waals surface area contributed by atoms with Crippen LogP contribution in [-0.4, -0.2) is 71.0 Å². The Balaban J connectivity index is 1.41. The van der Waals surface area contributed by atoms with E-state index in [4.69, 9.17) is 4.74 Å². The number of β-lactam (4-membered cyclic amide) rings is 1. The summed E-state index contributed by atoms with van der Waals surface area (Å²) >= 11 is -0.274. The Labute approximate surface area is 251 Å². The van der Waals surface area contributed by atoms with Crippen LogP contribution in [0.4, 0.5) is 0 Å². The van der Waals surface area contributed by atoms with Gasteiger partial charge in [-0.3, -0.25) is 4.99 Å². The van der Waals surface area contributed by atoms with E-state index in [0.717, 1.165) is 17.5 Å². The van der Waals surface area contributed by atoms with Gasteiger partial charge in [-0.25, -0.2) is 0 Å². The van der Waals surface area contributed by atoms with Gasteiger partial charge in [-0.05, 0) is 11.1 Å². The van der Waals surface area contributed by atoms with Crippen LogP contribution >= 0.6 is 11.8 Å². The molecular weight excluding hydrogens is 595 g/mol. The van der Waals surface area contributed by atoms with Crippen LogP contribution in [0.2, 0.25) is 21.0 Å². The number of hydrogen-bond acceptors (Lipinski definition) is 6. The molecule has 2 aliphatic heterocycles. The van der Waals surface area contributed by atoms with Crippen LogP contribution in [0, 0.1) is 0 Å². The summed E-state index contributed by atoms with van der Waals surface area (Å²) in [6, 6.07) is 16.7. The molecule has 1 N–H and O–H groups in total. The Bertz CT molecular complexity index is 1230. The molecule has 9 heteroatoms. The van der Waals surface area contributed by atoms with E-state index >= 15 is 0 Å². The summed E-state index contributed by atoms with van der Waals surface area (Å²) < 4.78 is 5.23. The predicted octanol–water partition coefficient (Wildman–Crippen LogP) is 5.84. The van der Waals surface area contributed by atoms with Gasteiger partial charge in [-0.1, -0.05) is 60.7 Å². The van der Waals surface area contributed by atoms with E-state index in [1.54, 1.807) is 22.9 Å². The summed E-state index contributed by atoms with van der Waals surface area (Å²) in [6.45, 7) is 11.3. The van der Waals surface area contributed by atoms with E-state index in [1.807, 2.05) is 74.5 Å². The molecule has 0 bridgehead atoms. The van der Waals surface area contributed by atoms with E-state index in [-0.39, 0.29) is 23.2 Å². The van der Waals surface area contributed by atoms with E-state index in [2.05, 4.69) is 31.1 Å². The zero-order valence-corrected chi connectivity index (χ0v) is 27.8. The van der Waals surface area contributed by atoms with Crippen molar-refractivity contribution in [2.45, 2.75) is 90.3 Å². The monoisotopic (exact) mass is 639 g/mol. The number of ether oxygens (including phenoxy) is 1. The first kappa shape index (κ1) is 31.4. The summed E-state index contributed by atoms with van der Waals surface area (Å²) in [5.41, 5.74) is 1.62. The zero-order valence-electron chi connectivity index (χ0n) is 24.8. The van der Waals surface area contributed by atoms with Crippen molar-refractivity contribution in [3.8, 4) is 0 Å². The Morgan fingerprint density at radius 3 is 2.27 bits per heavy atom. The number of amides is 2. The molecule has 0 aromatic heterocycles. The SMILES string of the molecule is C[CH2][Ge]([CH2]C)([CH2]C)[CH2]CCOC(=O)C1N2C(=O)C(NC(=O)C(N=Cc3ccccc3)c3ccccc3)C2SC1(C)C. The van der Waals surface area contributed by atoms with Crippen molar-refractivity contribution in [3.63, 3.8) is 0 Å². The van der Waals surface area contributed by atoms with Crippen molar-refractivity contribution in [3.05, 3.63) is 71.8 Å². The molecular formula is C32H43GeN3O4S. The fraction of sp³-hybridized carbons (Fsp3) is 0.500. The predicted molar refractivity (Wildman–Crippen MR) is 169 cm³/mol. The Kier molecular flexibility index (Phi) is 10.4. The van der Waals surface area contributed by atoms with Crippen LogP contribution in [0.3, 0.4) is 0 Å². The number of esters is 1. The first-order valence-corrected chi connectivity index (χ1v) is 21.6. The number of rotatable bonds is 13. The topological polar surface area (TPSA) is 88.1 Å². The van der Waals surface area contributed by atoms with Gasteiger partial charge in [0, 0.05) is 6.21 Å². The van der Waals surface area contributed by atoms with E-state index < -0.39 is 36.1 Å². The molecule has 0 radical (unpaired) electrons. The molecule has 2 heterocycles. The van der Waals surface area contributed by atoms with Crippen LogP contribution < -0.4 is 5.32 Å². The van der Waals surface area contributed by atoms with Crippen molar-refractivity contribution in [2.75, 3.05) is 6.61 Å². The molecule has 4 atom stereocenters. The molecule has 2 amide bonds. The van der Waals surface area contributed by atoms with Gasteiger partial charge in [0.15, 0.2) is 0 Å². The summed E-state index contributed by atoms with van der Waals surface area (Å²) in [5.74, 6) is -0.942. The van der Waals surface area contributed by atoms with Gasteiger partial charge in [0.25, 0.3) is 0 Å². The number of hydrogen-bond donors (Lipinski definition) is 1. The van der Waals surface area contributed by atoms with Gasteiger partial charge in [-0.2, -0.15) is 0 Å². The number of nitrogens with one attached hydrogen (secondary N) is 1. The number of benzene rings is 2. The fourth-order valence-corrected chi connectivity index (χ4v) is 14.8. The second kappa shape index (κ2) is 13.6. The zero-order chi connectivity index (χ0) is 29.6. The second-order valence-corrected chi connectivity index (χ2v) is 25.1. The van der Waals surface area contributed by atoms with Gasteiger partial charge in [0.2, 0.25) is 0 Å². The number of thioether (sulfide) groups is 1. The van der Waals surface area contributed by atoms with Gasteiger partial charge in [-0.15, -0.1) is 0 Å². The summed E-state index contributed by atoms with van der Waals surface area (Å²) in [7, 11) is 0. The molecule has 41 heavy (non-hydrogen) atoms. The Hall–Kier alpha value is -2.59. The molecule has 2 aliphatic rings. The third kappa shape index (κ3) is 6.91. The molecule has 7 nitrogen and oxygen atoms in total. The molecule has 2 aromatic rings. The first-order chi connectivity index (χ1) is 19.7. The fourth-order valence-electron chi connectivity index (χ4n) is 5.98. The minimum absolute atomic E-state index is 0.251. The Morgan fingerprint density at radius 2 is 1.66 bits per heavy atom. The van der Waals surface area contributed by atoms with Crippen molar-refractivity contribution in [1.82, 2.24) is 10.2 Å². The normalized spacial score (nSPS) is 22.2. The average Bonchev–Trinajstić information content (AvgIpc) is 3.25. The molecule has 2 aromatic carbocycles. The second-order valence-electron chi connectivity index (χ2n) is 11.6. The van der Waals surface area contributed by atoms with Crippen molar-refractivity contribution >= 4 is 49.0 Å². The maximum absolute atomic E-state index is 13.5. The number of aliphatic imine (C=N–C) groups is 1. The van der Waals surface area contributed by atoms with E-state index in [9.17, 15) is 14.4 Å². The van der Waals surface area contributed by atoms with Crippen molar-refractivity contribution in [1.29, 1.82) is 0 Å². The average molecular weight is 638 g/mol. The summed E-state index contributed by atoms with van der Waals surface area (Å²) in [6.07, 6.45) is 2.57. The molecule has 2 saturated heterocycles. The van der Waals surface area contributed by atoms with Gasteiger partial charge in [0.05, 0.1) is 0 Å². The third-order valence-corrected chi connectivity index (χ3v) is 22.8. The van der Waals surface area contributed by atoms with Crippen LogP contribution in [0.15, 0.2) is 65.7 Å². The van der Waals surface area contributed by atoms with Crippen molar-refractivity contribution < 1.29 is 19.1 Å². The van der Waals surface area contributed by atoms with Gasteiger partial charge < -0.3 is 0 Å². The van der Waals surface area contributed by atoms with Crippen LogP contribution in [0.5, 0.6) is 0 Å². The first-order valence-electron chi connectivity index (χ1n) is 14.8. The van der Waals surface area contributed by atoms with Crippen molar-refractivity contribution in [2.24, 2.45) is 4.99 Å². The molecule has 0 aliphatic carbocycles. The molecule has 0 saturated carbocycles. The van der Waals surface area contributed by atoms with Crippen LogP contribution in [0.1, 0.15) is 58.2 Å². The number of nitrogens with zero attached hydrogens (tertiary/aromatic N) is 2. The Morgan fingerprint density at radius 1 is 1.05 bits per heavy atom. The summed E-state index contributed by atoms with van der Waals surface area (Å²) in [4.78, 5) is 46.3. The van der Waals surface area contributed by atoms with E-state index in [1.165, 1.54) is 21.0 Å². The number of carbonyl (C=O) groups excluding carboxylic acids is 3. The number of carbonyl (C=O) groups is 3. The van der Waals surface area contributed by atoms with Crippen LogP contribution in [-0.2, 0) is 19.1 Å². The third-order valence-electron chi connectivity index (χ3n) is 8.84.